The summed E-state index contributed by atoms with van der Waals surface area (Å²) in [7, 11) is -1.54. The van der Waals surface area contributed by atoms with E-state index in [4.69, 9.17) is 9.47 Å². The monoisotopic (exact) mass is 353 g/mol. The molecule has 0 aliphatic carbocycles. The van der Waals surface area contributed by atoms with Crippen molar-refractivity contribution < 1.29 is 27.5 Å². The summed E-state index contributed by atoms with van der Waals surface area (Å²) in [5.74, 6) is -0.576. The number of ether oxygens (including phenoxy) is 2. The van der Waals surface area contributed by atoms with E-state index >= 15 is 0 Å². The van der Waals surface area contributed by atoms with Crippen molar-refractivity contribution in [1.82, 2.24) is 5.32 Å². The Morgan fingerprint density at radius 1 is 1.33 bits per heavy atom. The van der Waals surface area contributed by atoms with Gasteiger partial charge in [-0.25, -0.2) is 13.2 Å². The zero-order valence-corrected chi connectivity index (χ0v) is 14.0. The Morgan fingerprint density at radius 2 is 2.08 bits per heavy atom. The number of hydrogen-bond acceptors (Lipinski definition) is 6. The molecule has 1 fully saturated rings. The van der Waals surface area contributed by atoms with Crippen molar-refractivity contribution >= 4 is 27.8 Å². The van der Waals surface area contributed by atoms with E-state index in [1.54, 1.807) is 18.2 Å². The Bertz CT molecular complexity index is 741. The number of benzene rings is 1. The van der Waals surface area contributed by atoms with Crippen molar-refractivity contribution in [2.45, 2.75) is 12.5 Å². The van der Waals surface area contributed by atoms with E-state index in [9.17, 15) is 18.0 Å². The van der Waals surface area contributed by atoms with Crippen LogP contribution in [0.15, 0.2) is 30.3 Å². The molecule has 130 valence electrons. The molecule has 1 heterocycles. The molecule has 2 rings (SSSR count). The molecule has 1 unspecified atom stereocenters. The van der Waals surface area contributed by atoms with E-state index in [1.807, 2.05) is 6.07 Å². The SMILES string of the molecule is COc1ccccc1/C=C/C(=O)OCC(=O)NC1CCS(=O)(=O)C1. The second-order valence-corrected chi connectivity index (χ2v) is 7.58. The molecule has 7 nitrogen and oxygen atoms in total. The number of nitrogens with one attached hydrogen (secondary N) is 1. The first-order valence-corrected chi connectivity index (χ1v) is 9.19. The fraction of sp³-hybridized carbons (Fsp3) is 0.375. The van der Waals surface area contributed by atoms with E-state index < -0.39 is 34.4 Å². The van der Waals surface area contributed by atoms with Gasteiger partial charge in [-0.2, -0.15) is 0 Å². The first kappa shape index (κ1) is 18.0. The molecule has 0 radical (unpaired) electrons. The van der Waals surface area contributed by atoms with Crippen LogP contribution in [0.2, 0.25) is 0 Å². The molecule has 1 N–H and O–H groups in total. The molecule has 1 aromatic carbocycles. The molecule has 1 aliphatic heterocycles. The predicted octanol–water partition coefficient (Wildman–Crippen LogP) is 0.555. The van der Waals surface area contributed by atoms with Crippen LogP contribution in [0.25, 0.3) is 6.08 Å². The first-order valence-electron chi connectivity index (χ1n) is 7.37. The first-order chi connectivity index (χ1) is 11.4. The quantitative estimate of drug-likeness (QED) is 0.592. The average molecular weight is 353 g/mol. The summed E-state index contributed by atoms with van der Waals surface area (Å²) < 4.78 is 32.6. The van der Waals surface area contributed by atoms with Crippen molar-refractivity contribution in [3.8, 4) is 5.75 Å². The standard InChI is InChI=1S/C16H19NO6S/c1-22-14-5-3-2-4-12(14)6-7-16(19)23-10-15(18)17-13-8-9-24(20,21)11-13/h2-7,13H,8-11H2,1H3,(H,17,18)/b7-6+. The molecule has 0 spiro atoms. The number of amides is 1. The Labute approximate surface area is 140 Å². The molecular formula is C16H19NO6S. The van der Waals surface area contributed by atoms with Gasteiger partial charge in [0.05, 0.1) is 18.6 Å². The number of rotatable bonds is 6. The number of sulfone groups is 1. The van der Waals surface area contributed by atoms with Gasteiger partial charge in [0.1, 0.15) is 5.75 Å². The largest absolute Gasteiger partial charge is 0.496 e. The summed E-state index contributed by atoms with van der Waals surface area (Å²) in [6.07, 6.45) is 3.11. The van der Waals surface area contributed by atoms with Gasteiger partial charge in [-0.3, -0.25) is 4.79 Å². The van der Waals surface area contributed by atoms with Gasteiger partial charge < -0.3 is 14.8 Å². The van der Waals surface area contributed by atoms with Crippen molar-refractivity contribution in [3.63, 3.8) is 0 Å². The Kier molecular flexibility index (Phi) is 5.97. The summed E-state index contributed by atoms with van der Waals surface area (Å²) in [4.78, 5) is 23.3. The van der Waals surface area contributed by atoms with Gasteiger partial charge in [0.2, 0.25) is 0 Å². The fourth-order valence-electron chi connectivity index (χ4n) is 2.32. The smallest absolute Gasteiger partial charge is 0.331 e. The minimum Gasteiger partial charge on any atom is -0.496 e. The average Bonchev–Trinajstić information content (AvgIpc) is 2.89. The van der Waals surface area contributed by atoms with Gasteiger partial charge in [0.15, 0.2) is 16.4 Å². The van der Waals surface area contributed by atoms with Crippen LogP contribution in [0.4, 0.5) is 0 Å². The summed E-state index contributed by atoms with van der Waals surface area (Å²) >= 11 is 0. The highest BCUT2D eigenvalue weighted by Crippen LogP contribution is 2.18. The van der Waals surface area contributed by atoms with E-state index in [1.165, 1.54) is 19.3 Å². The second kappa shape index (κ2) is 7.96. The molecule has 1 saturated heterocycles. The molecule has 1 atom stereocenters. The lowest BCUT2D eigenvalue weighted by atomic mass is 10.2. The third-order valence-corrected chi connectivity index (χ3v) is 5.25. The maximum absolute atomic E-state index is 11.7. The van der Waals surface area contributed by atoms with Crippen LogP contribution in [0, 0.1) is 0 Å². The lowest BCUT2D eigenvalue weighted by Crippen LogP contribution is -2.38. The maximum Gasteiger partial charge on any atom is 0.331 e. The van der Waals surface area contributed by atoms with E-state index in [0.717, 1.165) is 0 Å². The van der Waals surface area contributed by atoms with Crippen LogP contribution in [-0.2, 0) is 24.2 Å². The number of methoxy groups -OCH3 is 1. The fourth-order valence-corrected chi connectivity index (χ4v) is 4.00. The molecule has 0 saturated carbocycles. The van der Waals surface area contributed by atoms with Crippen LogP contribution < -0.4 is 10.1 Å². The molecule has 8 heteroatoms. The van der Waals surface area contributed by atoms with Crippen LogP contribution >= 0.6 is 0 Å². The minimum atomic E-state index is -3.06. The van der Waals surface area contributed by atoms with Gasteiger partial charge in [-0.05, 0) is 18.6 Å². The molecule has 0 aromatic heterocycles. The number of hydrogen-bond donors (Lipinski definition) is 1. The lowest BCUT2D eigenvalue weighted by molar-refractivity contribution is -0.143. The molecule has 24 heavy (non-hydrogen) atoms. The van der Waals surface area contributed by atoms with E-state index in [-0.39, 0.29) is 11.5 Å². The molecule has 0 bridgehead atoms. The zero-order valence-electron chi connectivity index (χ0n) is 13.2. The van der Waals surface area contributed by atoms with E-state index in [2.05, 4.69) is 5.32 Å². The topological polar surface area (TPSA) is 98.8 Å². The third-order valence-electron chi connectivity index (χ3n) is 3.48. The summed E-state index contributed by atoms with van der Waals surface area (Å²) in [5.41, 5.74) is 0.706. The van der Waals surface area contributed by atoms with Crippen LogP contribution in [0.3, 0.4) is 0 Å². The second-order valence-electron chi connectivity index (χ2n) is 5.35. The van der Waals surface area contributed by atoms with Gasteiger partial charge in [-0.1, -0.05) is 18.2 Å². The van der Waals surface area contributed by atoms with Crippen molar-refractivity contribution in [2.24, 2.45) is 0 Å². The Balaban J connectivity index is 1.78. The Hall–Kier alpha value is -2.35. The van der Waals surface area contributed by atoms with Gasteiger partial charge in [-0.15, -0.1) is 0 Å². The van der Waals surface area contributed by atoms with Gasteiger partial charge in [0.25, 0.3) is 5.91 Å². The minimum absolute atomic E-state index is 0.0688. The summed E-state index contributed by atoms with van der Waals surface area (Å²) in [6, 6.07) is 6.73. The highest BCUT2D eigenvalue weighted by atomic mass is 32.2. The number of para-hydroxylation sites is 1. The Morgan fingerprint density at radius 3 is 2.75 bits per heavy atom. The molecule has 1 aliphatic rings. The number of esters is 1. The van der Waals surface area contributed by atoms with Crippen LogP contribution in [0.5, 0.6) is 5.75 Å². The van der Waals surface area contributed by atoms with Crippen LogP contribution in [0.1, 0.15) is 12.0 Å². The van der Waals surface area contributed by atoms with Crippen molar-refractivity contribution in [3.05, 3.63) is 35.9 Å². The number of carbonyl (C=O) groups is 2. The summed E-state index contributed by atoms with van der Waals surface area (Å²) in [6.45, 7) is -0.453. The van der Waals surface area contributed by atoms with Crippen molar-refractivity contribution in [1.29, 1.82) is 0 Å². The van der Waals surface area contributed by atoms with Gasteiger partial charge >= 0.3 is 5.97 Å². The molecule has 1 amide bonds. The van der Waals surface area contributed by atoms with E-state index in [0.29, 0.717) is 17.7 Å². The number of carbonyl (C=O) groups excluding carboxylic acids is 2. The predicted molar refractivity (Wildman–Crippen MR) is 88.2 cm³/mol. The highest BCUT2D eigenvalue weighted by molar-refractivity contribution is 7.91. The summed E-state index contributed by atoms with van der Waals surface area (Å²) in [5, 5.41) is 2.54. The third kappa shape index (κ3) is 5.38. The maximum atomic E-state index is 11.7. The van der Waals surface area contributed by atoms with Crippen LogP contribution in [-0.4, -0.2) is 51.6 Å². The lowest BCUT2D eigenvalue weighted by Gasteiger charge is -2.10. The zero-order chi connectivity index (χ0) is 17.6. The van der Waals surface area contributed by atoms with Gasteiger partial charge in [0, 0.05) is 17.7 Å². The highest BCUT2D eigenvalue weighted by Gasteiger charge is 2.28. The molecular weight excluding hydrogens is 334 g/mol. The van der Waals surface area contributed by atoms with Crippen molar-refractivity contribution in [2.75, 3.05) is 25.2 Å². The normalized spacial score (nSPS) is 19.1. The molecule has 1 aromatic rings.